The minimum Gasteiger partial charge on any atom is -0.480 e. The van der Waals surface area contributed by atoms with Gasteiger partial charge in [0.2, 0.25) is 10.0 Å². The molecule has 0 amide bonds. The second-order valence-electron chi connectivity index (χ2n) is 3.47. The number of rotatable bonds is 6. The van der Waals surface area contributed by atoms with Crippen molar-refractivity contribution in [3.63, 3.8) is 0 Å². The number of hydrogen-bond donors (Lipinski definition) is 1. The molecule has 1 unspecified atom stereocenters. The highest BCUT2D eigenvalue weighted by atomic mass is 32.2. The van der Waals surface area contributed by atoms with Crippen molar-refractivity contribution in [3.05, 3.63) is 0 Å². The number of carboxylic acids is 1. The maximum Gasteiger partial charge on any atom is 0.402 e. The summed E-state index contributed by atoms with van der Waals surface area (Å²) >= 11 is 0. The summed E-state index contributed by atoms with van der Waals surface area (Å²) in [6.45, 7) is 0.321. The van der Waals surface area contributed by atoms with Gasteiger partial charge in [-0.05, 0) is 13.3 Å². The fourth-order valence-electron chi connectivity index (χ4n) is 1.10. The van der Waals surface area contributed by atoms with Gasteiger partial charge in [0.05, 0.1) is 0 Å². The number of hydrogen-bond acceptors (Lipinski definition) is 3. The molecule has 1 atom stereocenters. The van der Waals surface area contributed by atoms with Crippen LogP contribution in [0.3, 0.4) is 0 Å². The molecule has 0 radical (unpaired) electrons. The van der Waals surface area contributed by atoms with Crippen molar-refractivity contribution in [1.29, 1.82) is 0 Å². The van der Waals surface area contributed by atoms with Gasteiger partial charge in [0.15, 0.2) is 5.25 Å². The highest BCUT2D eigenvalue weighted by Gasteiger charge is 2.40. The molecule has 0 fully saturated rings. The zero-order chi connectivity index (χ0) is 13.9. The highest BCUT2D eigenvalue weighted by molar-refractivity contribution is 7.90. The number of carbonyl (C=O) groups is 1. The summed E-state index contributed by atoms with van der Waals surface area (Å²) in [4.78, 5) is 10.5. The molecule has 0 rings (SSSR count). The summed E-state index contributed by atoms with van der Waals surface area (Å²) in [7, 11) is -4.48. The molecule has 9 heteroatoms. The predicted molar refractivity (Wildman–Crippen MR) is 53.9 cm³/mol. The van der Waals surface area contributed by atoms with Gasteiger partial charge < -0.3 is 5.11 Å². The van der Waals surface area contributed by atoms with Crippen molar-refractivity contribution in [1.82, 2.24) is 4.31 Å². The molecule has 0 aromatic heterocycles. The molecule has 5 nitrogen and oxygen atoms in total. The van der Waals surface area contributed by atoms with Crippen LogP contribution >= 0.6 is 0 Å². The lowest BCUT2D eigenvalue weighted by Crippen LogP contribution is -2.45. The standard InChI is InChI=1S/C8H14F3NO4S/c1-3-4-12(5-8(9,10)11)17(15,16)6(2)7(13)14/h6H,3-5H2,1-2H3,(H,13,14). The third-order valence-corrected chi connectivity index (χ3v) is 4.11. The van der Waals surface area contributed by atoms with Gasteiger partial charge >= 0.3 is 12.1 Å². The fourth-order valence-corrected chi connectivity index (χ4v) is 2.56. The molecule has 0 spiro atoms. The summed E-state index contributed by atoms with van der Waals surface area (Å²) in [6.07, 6.45) is -4.53. The van der Waals surface area contributed by atoms with Gasteiger partial charge in [0, 0.05) is 6.54 Å². The van der Waals surface area contributed by atoms with Crippen molar-refractivity contribution >= 4 is 16.0 Å². The Bertz CT molecular complexity index is 365. The van der Waals surface area contributed by atoms with E-state index in [2.05, 4.69) is 0 Å². The van der Waals surface area contributed by atoms with E-state index in [0.717, 1.165) is 6.92 Å². The van der Waals surface area contributed by atoms with Gasteiger partial charge in [-0.3, -0.25) is 4.79 Å². The molecule has 0 aromatic rings. The number of sulfonamides is 1. The molecule has 1 N–H and O–H groups in total. The first-order valence-electron chi connectivity index (χ1n) is 4.81. The predicted octanol–water partition coefficient (Wildman–Crippen LogP) is 1.06. The summed E-state index contributed by atoms with van der Waals surface area (Å²) in [5.74, 6) is -1.67. The van der Waals surface area contributed by atoms with E-state index in [0.29, 0.717) is 0 Å². The van der Waals surface area contributed by atoms with Crippen LogP contribution in [-0.4, -0.2) is 48.3 Å². The molecule has 0 bridgehead atoms. The van der Waals surface area contributed by atoms with Crippen molar-refractivity contribution in [2.75, 3.05) is 13.1 Å². The average molecular weight is 277 g/mol. The lowest BCUT2D eigenvalue weighted by Gasteiger charge is -2.24. The SMILES string of the molecule is CCCN(CC(F)(F)F)S(=O)(=O)C(C)C(=O)O. The van der Waals surface area contributed by atoms with Gasteiger partial charge in [-0.25, -0.2) is 8.42 Å². The van der Waals surface area contributed by atoms with Crippen molar-refractivity contribution in [2.24, 2.45) is 0 Å². The number of halogens is 3. The van der Waals surface area contributed by atoms with Gasteiger partial charge in [-0.15, -0.1) is 0 Å². The number of aliphatic carboxylic acids is 1. The Morgan fingerprint density at radius 2 is 1.88 bits per heavy atom. The third kappa shape index (κ3) is 4.90. The topological polar surface area (TPSA) is 74.7 Å². The van der Waals surface area contributed by atoms with Crippen molar-refractivity contribution < 1.29 is 31.5 Å². The maximum absolute atomic E-state index is 12.2. The Balaban J connectivity index is 5.12. The molecule has 0 aliphatic heterocycles. The molecule has 0 aliphatic rings. The number of nitrogens with zero attached hydrogens (tertiary/aromatic N) is 1. The van der Waals surface area contributed by atoms with Crippen LogP contribution in [0.4, 0.5) is 13.2 Å². The fraction of sp³-hybridized carbons (Fsp3) is 0.875. The molecule has 0 saturated heterocycles. The Morgan fingerprint density at radius 1 is 1.41 bits per heavy atom. The Morgan fingerprint density at radius 3 is 2.18 bits per heavy atom. The quantitative estimate of drug-likeness (QED) is 0.788. The minimum absolute atomic E-state index is 0.159. The molecule has 17 heavy (non-hydrogen) atoms. The molecular formula is C8H14F3NO4S. The highest BCUT2D eigenvalue weighted by Crippen LogP contribution is 2.20. The summed E-state index contributed by atoms with van der Waals surface area (Å²) in [5, 5.41) is 6.65. The molecule has 0 aromatic carbocycles. The van der Waals surface area contributed by atoms with E-state index in [1.54, 1.807) is 0 Å². The first-order valence-corrected chi connectivity index (χ1v) is 6.31. The molecular weight excluding hydrogens is 263 g/mol. The van der Waals surface area contributed by atoms with E-state index < -0.39 is 34.0 Å². The zero-order valence-electron chi connectivity index (χ0n) is 9.36. The van der Waals surface area contributed by atoms with Crippen LogP contribution in [0.2, 0.25) is 0 Å². The molecule has 0 aliphatic carbocycles. The van der Waals surface area contributed by atoms with Gasteiger partial charge in [0.25, 0.3) is 0 Å². The summed E-state index contributed by atoms with van der Waals surface area (Å²) < 4.78 is 59.8. The smallest absolute Gasteiger partial charge is 0.402 e. The number of carboxylic acid groups (broad SMARTS) is 1. The Kier molecular flexibility index (Phi) is 5.40. The second-order valence-corrected chi connectivity index (χ2v) is 5.73. The first kappa shape index (κ1) is 16.2. The lowest BCUT2D eigenvalue weighted by atomic mass is 10.5. The second kappa shape index (κ2) is 5.67. The van der Waals surface area contributed by atoms with Crippen LogP contribution in [0.1, 0.15) is 20.3 Å². The molecule has 0 saturated carbocycles. The lowest BCUT2D eigenvalue weighted by molar-refractivity contribution is -0.139. The maximum atomic E-state index is 12.2. The van der Waals surface area contributed by atoms with Crippen molar-refractivity contribution in [2.45, 2.75) is 31.7 Å². The van der Waals surface area contributed by atoms with E-state index in [4.69, 9.17) is 5.11 Å². The first-order chi connectivity index (χ1) is 7.52. The van der Waals surface area contributed by atoms with Crippen LogP contribution in [0.15, 0.2) is 0 Å². The van der Waals surface area contributed by atoms with Crippen LogP contribution < -0.4 is 0 Å². The van der Waals surface area contributed by atoms with Crippen molar-refractivity contribution in [3.8, 4) is 0 Å². The van der Waals surface area contributed by atoms with Gasteiger partial charge in [0.1, 0.15) is 6.54 Å². The molecule has 102 valence electrons. The van der Waals surface area contributed by atoms with Crippen LogP contribution in [0.5, 0.6) is 0 Å². The largest absolute Gasteiger partial charge is 0.480 e. The van der Waals surface area contributed by atoms with E-state index in [-0.39, 0.29) is 17.3 Å². The third-order valence-electron chi connectivity index (χ3n) is 1.98. The minimum atomic E-state index is -4.69. The van der Waals surface area contributed by atoms with E-state index in [1.807, 2.05) is 0 Å². The Hall–Kier alpha value is -0.830. The van der Waals surface area contributed by atoms with Gasteiger partial charge in [-0.2, -0.15) is 17.5 Å². The zero-order valence-corrected chi connectivity index (χ0v) is 10.2. The van der Waals surface area contributed by atoms with Crippen LogP contribution in [0, 0.1) is 0 Å². The number of alkyl halides is 3. The van der Waals surface area contributed by atoms with E-state index in [9.17, 15) is 26.4 Å². The average Bonchev–Trinajstić information content (AvgIpc) is 2.13. The monoisotopic (exact) mass is 277 g/mol. The summed E-state index contributed by atoms with van der Waals surface area (Å²) in [5.41, 5.74) is 0. The van der Waals surface area contributed by atoms with E-state index >= 15 is 0 Å². The van der Waals surface area contributed by atoms with E-state index in [1.165, 1.54) is 6.92 Å². The Labute approximate surface area is 97.3 Å². The van der Waals surface area contributed by atoms with Crippen LogP contribution in [-0.2, 0) is 14.8 Å². The summed E-state index contributed by atoms with van der Waals surface area (Å²) in [6, 6.07) is 0. The normalized spacial score (nSPS) is 14.9. The van der Waals surface area contributed by atoms with Gasteiger partial charge in [-0.1, -0.05) is 6.92 Å². The molecule has 0 heterocycles. The van der Waals surface area contributed by atoms with Crippen LogP contribution in [0.25, 0.3) is 0 Å².